The molecule has 0 saturated carbocycles. The second-order valence-electron chi connectivity index (χ2n) is 8.82. The number of hydrogen-bond donors (Lipinski definition) is 0. The highest BCUT2D eigenvalue weighted by Crippen LogP contribution is 2.34. The van der Waals surface area contributed by atoms with Gasteiger partial charge in [0.05, 0.1) is 21.7 Å². The Balaban J connectivity index is 1.42. The number of esters is 1. The molecule has 8 nitrogen and oxygen atoms in total. The zero-order valence-electron chi connectivity index (χ0n) is 19.8. The van der Waals surface area contributed by atoms with Crippen LogP contribution in [0.2, 0.25) is 0 Å². The van der Waals surface area contributed by atoms with E-state index >= 15 is 0 Å². The van der Waals surface area contributed by atoms with E-state index in [1.54, 1.807) is 6.07 Å². The summed E-state index contributed by atoms with van der Waals surface area (Å²) in [7, 11) is 1.90. The Kier molecular flexibility index (Phi) is 6.25. The molecule has 0 amide bonds. The average molecular weight is 484 g/mol. The monoisotopic (exact) mass is 483 g/mol. The molecule has 0 spiro atoms. The molecule has 1 aliphatic heterocycles. The van der Waals surface area contributed by atoms with Crippen LogP contribution >= 0.6 is 0 Å². The molecule has 0 aliphatic carbocycles. The molecule has 2 heterocycles. The highest BCUT2D eigenvalue weighted by Gasteiger charge is 2.26. The summed E-state index contributed by atoms with van der Waals surface area (Å²) >= 11 is 0. The summed E-state index contributed by atoms with van der Waals surface area (Å²) in [5, 5.41) is 12.4. The van der Waals surface area contributed by atoms with E-state index in [1.807, 2.05) is 71.1 Å². The molecule has 8 heteroatoms. The number of Topliss-reactive ketones (excluding diaryl/α,β-unsaturated/α-hetero) is 1. The average Bonchev–Trinajstić information content (AvgIpc) is 3.54. The molecular weight excluding hydrogens is 458 g/mol. The van der Waals surface area contributed by atoms with Crippen molar-refractivity contribution in [3.8, 4) is 11.3 Å². The first-order valence-corrected chi connectivity index (χ1v) is 11.8. The van der Waals surface area contributed by atoms with E-state index in [0.717, 1.165) is 48.1 Å². The van der Waals surface area contributed by atoms with Gasteiger partial charge in [-0.15, -0.1) is 0 Å². The van der Waals surface area contributed by atoms with E-state index in [0.29, 0.717) is 11.3 Å². The van der Waals surface area contributed by atoms with E-state index in [2.05, 4.69) is 0 Å². The highest BCUT2D eigenvalue weighted by atomic mass is 16.6. The number of ketones is 1. The molecule has 3 aromatic carbocycles. The number of aromatic nitrogens is 1. The summed E-state index contributed by atoms with van der Waals surface area (Å²) < 4.78 is 7.32. The third-order valence-corrected chi connectivity index (χ3v) is 6.62. The predicted molar refractivity (Wildman–Crippen MR) is 138 cm³/mol. The number of fused-ring (bicyclic) bond motifs is 1. The fourth-order valence-electron chi connectivity index (χ4n) is 4.92. The van der Waals surface area contributed by atoms with Crippen LogP contribution in [0.4, 0.5) is 11.4 Å². The molecule has 1 aliphatic rings. The van der Waals surface area contributed by atoms with Gasteiger partial charge in [0.2, 0.25) is 5.78 Å². The fourth-order valence-corrected chi connectivity index (χ4v) is 4.92. The normalized spacial score (nSPS) is 13.2. The number of ether oxygens (including phenoxy) is 1. The molecule has 5 rings (SSSR count). The number of nitrogens with zero attached hydrogens (tertiary/aromatic N) is 3. The predicted octanol–water partition coefficient (Wildman–Crippen LogP) is 5.39. The SMILES string of the molecule is Cn1c(-c2ccccc2)c(C(=O)COC(=O)c2ccc(N3CCCC3)c([N+](=O)[O-])c2)c2ccccc21. The summed E-state index contributed by atoms with van der Waals surface area (Å²) in [6.45, 7) is 1.01. The quantitative estimate of drug-likeness (QED) is 0.151. The third kappa shape index (κ3) is 4.22. The maximum absolute atomic E-state index is 13.4. The van der Waals surface area contributed by atoms with Crippen LogP contribution in [0, 0.1) is 10.1 Å². The zero-order valence-corrected chi connectivity index (χ0v) is 19.8. The summed E-state index contributed by atoms with van der Waals surface area (Å²) in [5.74, 6) is -1.12. The minimum absolute atomic E-state index is 0.0404. The lowest BCUT2D eigenvalue weighted by Gasteiger charge is -2.17. The lowest BCUT2D eigenvalue weighted by atomic mass is 10.0. The molecule has 0 radical (unpaired) electrons. The molecule has 0 N–H and O–H groups in total. The summed E-state index contributed by atoms with van der Waals surface area (Å²) in [6.07, 6.45) is 1.95. The van der Waals surface area contributed by atoms with Crippen molar-refractivity contribution < 1.29 is 19.2 Å². The lowest BCUT2D eigenvalue weighted by Crippen LogP contribution is -2.19. The first-order chi connectivity index (χ1) is 17.5. The van der Waals surface area contributed by atoms with Crippen molar-refractivity contribution in [3.63, 3.8) is 0 Å². The second-order valence-corrected chi connectivity index (χ2v) is 8.82. The van der Waals surface area contributed by atoms with Gasteiger partial charge in [-0.05, 0) is 36.6 Å². The first kappa shape index (κ1) is 23.3. The Morgan fingerprint density at radius 2 is 1.67 bits per heavy atom. The molecule has 1 fully saturated rings. The smallest absolute Gasteiger partial charge is 0.338 e. The van der Waals surface area contributed by atoms with Crippen molar-refractivity contribution in [2.75, 3.05) is 24.6 Å². The number of nitro groups is 1. The summed E-state index contributed by atoms with van der Waals surface area (Å²) in [4.78, 5) is 39.3. The lowest BCUT2D eigenvalue weighted by molar-refractivity contribution is -0.384. The van der Waals surface area contributed by atoms with E-state index in [-0.39, 0.29) is 17.0 Å². The largest absolute Gasteiger partial charge is 0.454 e. The van der Waals surface area contributed by atoms with E-state index in [1.165, 1.54) is 12.1 Å². The van der Waals surface area contributed by atoms with Crippen molar-refractivity contribution in [2.45, 2.75) is 12.8 Å². The Bertz CT molecular complexity index is 1470. The van der Waals surface area contributed by atoms with Gasteiger partial charge in [0.1, 0.15) is 5.69 Å². The van der Waals surface area contributed by atoms with Crippen molar-refractivity contribution in [1.82, 2.24) is 4.57 Å². The molecule has 36 heavy (non-hydrogen) atoms. The maximum atomic E-state index is 13.4. The van der Waals surface area contributed by atoms with Gasteiger partial charge < -0.3 is 14.2 Å². The number of nitro benzene ring substituents is 1. The van der Waals surface area contributed by atoms with Gasteiger partial charge in [-0.2, -0.15) is 0 Å². The second kappa shape index (κ2) is 9.65. The van der Waals surface area contributed by atoms with Crippen molar-refractivity contribution in [3.05, 3.63) is 94.0 Å². The Labute approximate surface area is 207 Å². The van der Waals surface area contributed by atoms with E-state index in [4.69, 9.17) is 4.74 Å². The van der Waals surface area contributed by atoms with Gasteiger partial charge in [-0.1, -0.05) is 48.5 Å². The number of carbonyl (C=O) groups is 2. The molecule has 0 unspecified atom stereocenters. The van der Waals surface area contributed by atoms with Crippen LogP contribution in [-0.4, -0.2) is 40.9 Å². The number of rotatable bonds is 7. The minimum atomic E-state index is -0.777. The molecule has 1 aromatic heterocycles. The maximum Gasteiger partial charge on any atom is 0.338 e. The van der Waals surface area contributed by atoms with Gasteiger partial charge >= 0.3 is 5.97 Å². The number of hydrogen-bond acceptors (Lipinski definition) is 6. The van der Waals surface area contributed by atoms with Gasteiger partial charge in [-0.25, -0.2) is 4.79 Å². The number of benzene rings is 3. The number of anilines is 1. The molecule has 1 saturated heterocycles. The number of aryl methyl sites for hydroxylation is 1. The topological polar surface area (TPSA) is 94.7 Å². The van der Waals surface area contributed by atoms with Crippen LogP contribution in [0.25, 0.3) is 22.2 Å². The van der Waals surface area contributed by atoms with E-state index in [9.17, 15) is 19.7 Å². The first-order valence-electron chi connectivity index (χ1n) is 11.8. The van der Waals surface area contributed by atoms with Crippen molar-refractivity contribution in [1.29, 1.82) is 0 Å². The minimum Gasteiger partial charge on any atom is -0.454 e. The fraction of sp³-hybridized carbons (Fsp3) is 0.214. The van der Waals surface area contributed by atoms with Crippen LogP contribution in [0.5, 0.6) is 0 Å². The standard InChI is InChI=1S/C28H25N3O5/c1-29-22-12-6-5-11-21(22)26(27(29)19-9-3-2-4-10-19)25(32)18-36-28(33)20-13-14-23(24(17-20)31(34)35)30-15-7-8-16-30/h2-6,9-14,17H,7-8,15-16,18H2,1H3. The van der Waals surface area contributed by atoms with Crippen LogP contribution in [0.3, 0.4) is 0 Å². The van der Waals surface area contributed by atoms with Crippen LogP contribution in [-0.2, 0) is 11.8 Å². The summed E-state index contributed by atoms with van der Waals surface area (Å²) in [5.41, 5.74) is 3.37. The molecule has 182 valence electrons. The van der Waals surface area contributed by atoms with Crippen LogP contribution in [0.15, 0.2) is 72.8 Å². The van der Waals surface area contributed by atoms with Crippen LogP contribution in [0.1, 0.15) is 33.6 Å². The Morgan fingerprint density at radius 1 is 0.972 bits per heavy atom. The Hall–Kier alpha value is -4.46. The Morgan fingerprint density at radius 3 is 2.39 bits per heavy atom. The number of carbonyl (C=O) groups excluding carboxylic acids is 2. The van der Waals surface area contributed by atoms with Crippen molar-refractivity contribution >= 4 is 34.0 Å². The number of para-hydroxylation sites is 1. The van der Waals surface area contributed by atoms with Gasteiger partial charge in [0, 0.05) is 37.1 Å². The highest BCUT2D eigenvalue weighted by molar-refractivity contribution is 6.14. The van der Waals surface area contributed by atoms with Gasteiger partial charge in [0.15, 0.2) is 6.61 Å². The van der Waals surface area contributed by atoms with Gasteiger partial charge in [0.25, 0.3) is 5.69 Å². The third-order valence-electron chi connectivity index (χ3n) is 6.62. The zero-order chi connectivity index (χ0) is 25.2. The molecule has 0 atom stereocenters. The van der Waals surface area contributed by atoms with Crippen molar-refractivity contribution in [2.24, 2.45) is 7.05 Å². The molecule has 4 aromatic rings. The summed E-state index contributed by atoms with van der Waals surface area (Å²) in [6, 6.07) is 21.5. The van der Waals surface area contributed by atoms with Crippen LogP contribution < -0.4 is 4.90 Å². The van der Waals surface area contributed by atoms with Gasteiger partial charge in [-0.3, -0.25) is 14.9 Å². The molecular formula is C28H25N3O5. The molecule has 0 bridgehead atoms. The van der Waals surface area contributed by atoms with E-state index < -0.39 is 17.5 Å².